The van der Waals surface area contributed by atoms with Crippen molar-refractivity contribution in [2.45, 2.75) is 6.10 Å². The van der Waals surface area contributed by atoms with E-state index in [1.165, 1.54) is 0 Å². The highest BCUT2D eigenvalue weighted by molar-refractivity contribution is 7.17. The van der Waals surface area contributed by atoms with E-state index < -0.39 is 0 Å². The van der Waals surface area contributed by atoms with Crippen LogP contribution in [-0.4, -0.2) is 42.5 Å². The summed E-state index contributed by atoms with van der Waals surface area (Å²) in [5.41, 5.74) is 0.788. The van der Waals surface area contributed by atoms with E-state index in [1.807, 2.05) is 34.5 Å². The van der Waals surface area contributed by atoms with Crippen molar-refractivity contribution in [3.05, 3.63) is 35.2 Å². The van der Waals surface area contributed by atoms with Gasteiger partial charge in [-0.1, -0.05) is 18.2 Å². The predicted octanol–water partition coefficient (Wildman–Crippen LogP) is 2.98. The SMILES string of the molecule is O=C(c1csc2ccccc12)N1CCOC(CCl)C1. The van der Waals surface area contributed by atoms with Gasteiger partial charge in [0.05, 0.1) is 24.2 Å². The second kappa shape index (κ2) is 5.49. The fraction of sp³-hybridized carbons (Fsp3) is 0.357. The van der Waals surface area contributed by atoms with Crippen LogP contribution < -0.4 is 0 Å². The van der Waals surface area contributed by atoms with Crippen LogP contribution in [0.4, 0.5) is 0 Å². The molecule has 1 atom stereocenters. The summed E-state index contributed by atoms with van der Waals surface area (Å²) in [6, 6.07) is 7.99. The third-order valence-corrected chi connectivity index (χ3v) is 4.62. The quantitative estimate of drug-likeness (QED) is 0.797. The highest BCUT2D eigenvalue weighted by Crippen LogP contribution is 2.27. The van der Waals surface area contributed by atoms with Gasteiger partial charge in [-0.15, -0.1) is 22.9 Å². The number of alkyl halides is 1. The van der Waals surface area contributed by atoms with Crippen LogP contribution in [0.5, 0.6) is 0 Å². The maximum Gasteiger partial charge on any atom is 0.255 e. The molecule has 0 N–H and O–H groups in total. The standard InChI is InChI=1S/C14H14ClNO2S/c15-7-10-8-16(5-6-18-10)14(17)12-9-19-13-4-2-1-3-11(12)13/h1-4,9-10H,5-8H2. The molecule has 3 nitrogen and oxygen atoms in total. The highest BCUT2D eigenvalue weighted by atomic mass is 35.5. The number of halogens is 1. The van der Waals surface area contributed by atoms with E-state index in [2.05, 4.69) is 0 Å². The Balaban J connectivity index is 1.87. The molecule has 1 saturated heterocycles. The molecule has 5 heteroatoms. The van der Waals surface area contributed by atoms with Crippen LogP contribution in [0.1, 0.15) is 10.4 Å². The van der Waals surface area contributed by atoms with Crippen molar-refractivity contribution in [3.8, 4) is 0 Å². The first-order valence-electron chi connectivity index (χ1n) is 6.22. The summed E-state index contributed by atoms with van der Waals surface area (Å²) in [6.07, 6.45) is -0.0516. The zero-order valence-electron chi connectivity index (χ0n) is 10.3. The van der Waals surface area contributed by atoms with Gasteiger partial charge in [-0.05, 0) is 6.07 Å². The van der Waals surface area contributed by atoms with Gasteiger partial charge in [0.1, 0.15) is 0 Å². The Bertz CT molecular complexity index is 598. The molecule has 19 heavy (non-hydrogen) atoms. The monoisotopic (exact) mass is 295 g/mol. The molecule has 1 aliphatic heterocycles. The van der Waals surface area contributed by atoms with Gasteiger partial charge < -0.3 is 9.64 Å². The second-order valence-electron chi connectivity index (χ2n) is 4.54. The van der Waals surface area contributed by atoms with Crippen LogP contribution in [0.15, 0.2) is 29.6 Å². The van der Waals surface area contributed by atoms with Crippen LogP contribution in [0.3, 0.4) is 0 Å². The van der Waals surface area contributed by atoms with Crippen molar-refractivity contribution in [3.63, 3.8) is 0 Å². The molecule has 2 heterocycles. The third kappa shape index (κ3) is 2.48. The minimum atomic E-state index is -0.0516. The fourth-order valence-electron chi connectivity index (χ4n) is 2.31. The summed E-state index contributed by atoms with van der Waals surface area (Å²) >= 11 is 7.42. The molecular formula is C14H14ClNO2S. The average molecular weight is 296 g/mol. The van der Waals surface area contributed by atoms with E-state index in [9.17, 15) is 4.79 Å². The van der Waals surface area contributed by atoms with Gasteiger partial charge in [0.2, 0.25) is 0 Å². The van der Waals surface area contributed by atoms with Crippen LogP contribution >= 0.6 is 22.9 Å². The van der Waals surface area contributed by atoms with Gasteiger partial charge in [-0.25, -0.2) is 0 Å². The number of benzene rings is 1. The maximum atomic E-state index is 12.6. The molecule has 1 aliphatic rings. The summed E-state index contributed by atoms with van der Waals surface area (Å²) < 4.78 is 6.64. The molecule has 3 rings (SSSR count). The topological polar surface area (TPSA) is 29.5 Å². The van der Waals surface area contributed by atoms with Crippen molar-refractivity contribution in [1.29, 1.82) is 0 Å². The van der Waals surface area contributed by atoms with Crippen LogP contribution in [0, 0.1) is 0 Å². The molecule has 1 fully saturated rings. The number of thiophene rings is 1. The summed E-state index contributed by atoms with van der Waals surface area (Å²) in [5, 5.41) is 2.98. The number of rotatable bonds is 2. The van der Waals surface area contributed by atoms with E-state index in [0.717, 1.165) is 15.6 Å². The zero-order valence-corrected chi connectivity index (χ0v) is 11.9. The lowest BCUT2D eigenvalue weighted by molar-refractivity contribution is -0.0107. The molecule has 0 spiro atoms. The van der Waals surface area contributed by atoms with Gasteiger partial charge in [0.15, 0.2) is 0 Å². The zero-order chi connectivity index (χ0) is 13.2. The van der Waals surface area contributed by atoms with Crippen LogP contribution in [0.25, 0.3) is 10.1 Å². The molecule has 1 amide bonds. The molecule has 1 aromatic heterocycles. The maximum absolute atomic E-state index is 12.6. The molecule has 2 aromatic rings. The fourth-order valence-corrected chi connectivity index (χ4v) is 3.43. The largest absolute Gasteiger partial charge is 0.373 e. The Morgan fingerprint density at radius 3 is 3.16 bits per heavy atom. The Morgan fingerprint density at radius 2 is 2.32 bits per heavy atom. The number of carbonyl (C=O) groups is 1. The number of hydrogen-bond donors (Lipinski definition) is 0. The number of hydrogen-bond acceptors (Lipinski definition) is 3. The number of nitrogens with zero attached hydrogens (tertiary/aromatic N) is 1. The van der Waals surface area contributed by atoms with E-state index >= 15 is 0 Å². The minimum absolute atomic E-state index is 0.0516. The molecule has 0 aliphatic carbocycles. The Kier molecular flexibility index (Phi) is 3.73. The predicted molar refractivity (Wildman–Crippen MR) is 78.2 cm³/mol. The van der Waals surface area contributed by atoms with Crippen LogP contribution in [-0.2, 0) is 4.74 Å². The molecule has 1 unspecified atom stereocenters. The van der Waals surface area contributed by atoms with E-state index in [0.29, 0.717) is 25.6 Å². The Hall–Kier alpha value is -1.10. The summed E-state index contributed by atoms with van der Waals surface area (Å²) in [5.74, 6) is 0.504. The van der Waals surface area contributed by atoms with Crippen molar-refractivity contribution in [2.75, 3.05) is 25.6 Å². The average Bonchev–Trinajstić information content (AvgIpc) is 2.90. The molecule has 100 valence electrons. The summed E-state index contributed by atoms with van der Waals surface area (Å²) in [7, 11) is 0. The van der Waals surface area contributed by atoms with Crippen molar-refractivity contribution >= 4 is 38.9 Å². The minimum Gasteiger partial charge on any atom is -0.373 e. The Morgan fingerprint density at radius 1 is 1.47 bits per heavy atom. The molecular weight excluding hydrogens is 282 g/mol. The third-order valence-electron chi connectivity index (χ3n) is 3.31. The van der Waals surface area contributed by atoms with Gasteiger partial charge in [0, 0.05) is 28.6 Å². The second-order valence-corrected chi connectivity index (χ2v) is 5.76. The first-order chi connectivity index (χ1) is 9.29. The van der Waals surface area contributed by atoms with E-state index in [4.69, 9.17) is 16.3 Å². The number of morpholine rings is 1. The van der Waals surface area contributed by atoms with Crippen molar-refractivity contribution in [1.82, 2.24) is 4.90 Å². The number of amides is 1. The molecule has 0 saturated carbocycles. The summed E-state index contributed by atoms with van der Waals surface area (Å²) in [6.45, 7) is 1.77. The lowest BCUT2D eigenvalue weighted by Gasteiger charge is -2.32. The van der Waals surface area contributed by atoms with E-state index in [1.54, 1.807) is 11.3 Å². The normalized spacial score (nSPS) is 19.8. The first-order valence-corrected chi connectivity index (χ1v) is 7.64. The Labute approximate surface area is 120 Å². The lowest BCUT2D eigenvalue weighted by atomic mass is 10.1. The highest BCUT2D eigenvalue weighted by Gasteiger charge is 2.25. The van der Waals surface area contributed by atoms with Gasteiger partial charge in [-0.2, -0.15) is 0 Å². The van der Waals surface area contributed by atoms with E-state index in [-0.39, 0.29) is 12.0 Å². The van der Waals surface area contributed by atoms with Crippen LogP contribution in [0.2, 0.25) is 0 Å². The van der Waals surface area contributed by atoms with Gasteiger partial charge in [-0.3, -0.25) is 4.79 Å². The van der Waals surface area contributed by atoms with Gasteiger partial charge >= 0.3 is 0 Å². The first kappa shape index (κ1) is 12.9. The van der Waals surface area contributed by atoms with Crippen molar-refractivity contribution < 1.29 is 9.53 Å². The van der Waals surface area contributed by atoms with Gasteiger partial charge in [0.25, 0.3) is 5.91 Å². The van der Waals surface area contributed by atoms with Crippen molar-refractivity contribution in [2.24, 2.45) is 0 Å². The molecule has 0 bridgehead atoms. The number of ether oxygens (including phenoxy) is 1. The number of carbonyl (C=O) groups excluding carboxylic acids is 1. The smallest absolute Gasteiger partial charge is 0.255 e. The summed E-state index contributed by atoms with van der Waals surface area (Å²) in [4.78, 5) is 14.4. The molecule has 1 aromatic carbocycles. The number of fused-ring (bicyclic) bond motifs is 1. The molecule has 0 radical (unpaired) electrons. The lowest BCUT2D eigenvalue weighted by Crippen LogP contribution is -2.46.